The van der Waals surface area contributed by atoms with Crippen molar-refractivity contribution in [2.45, 2.75) is 117 Å². The van der Waals surface area contributed by atoms with Crippen LogP contribution < -0.4 is 6.15 Å². The first-order valence-electron chi connectivity index (χ1n) is 9.35. The predicted octanol–water partition coefficient (Wildman–Crippen LogP) is 7.68. The van der Waals surface area contributed by atoms with E-state index in [-0.39, 0.29) is 6.15 Å². The zero-order chi connectivity index (χ0) is 14.2. The van der Waals surface area contributed by atoms with Gasteiger partial charge in [0, 0.05) is 0 Å². The highest BCUT2D eigenvalue weighted by atomic mass is 14.1. The van der Waals surface area contributed by atoms with Gasteiger partial charge in [0.25, 0.3) is 0 Å². The van der Waals surface area contributed by atoms with Crippen molar-refractivity contribution in [3.63, 3.8) is 0 Å². The van der Waals surface area contributed by atoms with Crippen molar-refractivity contribution in [3.8, 4) is 0 Å². The summed E-state index contributed by atoms with van der Waals surface area (Å²) in [4.78, 5) is 0. The Bertz CT molecular complexity index is 140. The molecular weight excluding hydrogens is 242 g/mol. The first-order chi connectivity index (χ1) is 9.35. The van der Waals surface area contributed by atoms with Crippen LogP contribution in [-0.2, 0) is 0 Å². The van der Waals surface area contributed by atoms with Crippen molar-refractivity contribution in [2.75, 3.05) is 0 Å². The molecule has 0 bridgehead atoms. The summed E-state index contributed by atoms with van der Waals surface area (Å²) in [6.45, 7) is 6.99. The lowest BCUT2D eigenvalue weighted by Gasteiger charge is -2.14. The lowest BCUT2D eigenvalue weighted by Crippen LogP contribution is -1.99. The van der Waals surface area contributed by atoms with Gasteiger partial charge in [-0.25, -0.2) is 0 Å². The molecule has 0 aromatic heterocycles. The summed E-state index contributed by atoms with van der Waals surface area (Å²) >= 11 is 0. The van der Waals surface area contributed by atoms with E-state index in [0.717, 1.165) is 5.92 Å². The van der Waals surface area contributed by atoms with E-state index in [1.165, 1.54) is 96.3 Å². The van der Waals surface area contributed by atoms with Gasteiger partial charge < -0.3 is 6.15 Å². The van der Waals surface area contributed by atoms with E-state index >= 15 is 0 Å². The van der Waals surface area contributed by atoms with Crippen LogP contribution in [0, 0.1) is 5.92 Å². The molecule has 1 nitrogen and oxygen atoms in total. The fourth-order valence-corrected chi connectivity index (χ4v) is 2.98. The number of hydrogen-bond donors (Lipinski definition) is 1. The molecule has 3 N–H and O–H groups in total. The molecule has 0 spiro atoms. The molecule has 0 aliphatic carbocycles. The minimum absolute atomic E-state index is 0. The molecule has 0 saturated carbocycles. The van der Waals surface area contributed by atoms with Gasteiger partial charge in [-0.2, -0.15) is 0 Å². The normalized spacial score (nSPS) is 10.8. The summed E-state index contributed by atoms with van der Waals surface area (Å²) in [7, 11) is 0. The van der Waals surface area contributed by atoms with Gasteiger partial charge in [-0.1, -0.05) is 117 Å². The summed E-state index contributed by atoms with van der Waals surface area (Å²) in [6.07, 6.45) is 21.8. The van der Waals surface area contributed by atoms with Crippen molar-refractivity contribution in [3.05, 3.63) is 0 Å². The molecule has 0 aromatic carbocycles. The van der Waals surface area contributed by atoms with E-state index in [1.807, 2.05) is 0 Å². The van der Waals surface area contributed by atoms with Crippen LogP contribution >= 0.6 is 0 Å². The quantitative estimate of drug-likeness (QED) is 0.308. The average molecular weight is 286 g/mol. The molecule has 0 radical (unpaired) electrons. The number of unbranched alkanes of at least 4 members (excludes halogenated alkanes) is 10. The van der Waals surface area contributed by atoms with Crippen molar-refractivity contribution >= 4 is 0 Å². The fourth-order valence-electron chi connectivity index (χ4n) is 2.98. The van der Waals surface area contributed by atoms with Crippen LogP contribution in [0.25, 0.3) is 0 Å². The largest absolute Gasteiger partial charge is 0.344 e. The van der Waals surface area contributed by atoms with Crippen molar-refractivity contribution in [2.24, 2.45) is 5.92 Å². The lowest BCUT2D eigenvalue weighted by molar-refractivity contribution is 0.393. The predicted molar refractivity (Wildman–Crippen MR) is 94.8 cm³/mol. The van der Waals surface area contributed by atoms with Gasteiger partial charge in [-0.05, 0) is 5.92 Å². The molecule has 0 unspecified atom stereocenters. The molecule has 0 rings (SSSR count). The zero-order valence-corrected chi connectivity index (χ0v) is 14.9. The number of rotatable bonds is 15. The molecular formula is C19H43N. The van der Waals surface area contributed by atoms with Gasteiger partial charge >= 0.3 is 0 Å². The van der Waals surface area contributed by atoms with Gasteiger partial charge in [0.15, 0.2) is 0 Å². The van der Waals surface area contributed by atoms with E-state index in [4.69, 9.17) is 0 Å². The first-order valence-corrected chi connectivity index (χ1v) is 9.35. The monoisotopic (exact) mass is 285 g/mol. The van der Waals surface area contributed by atoms with Crippen LogP contribution in [0.3, 0.4) is 0 Å². The van der Waals surface area contributed by atoms with Gasteiger partial charge in [0.2, 0.25) is 0 Å². The van der Waals surface area contributed by atoms with Crippen LogP contribution in [0.5, 0.6) is 0 Å². The van der Waals surface area contributed by atoms with Crippen LogP contribution in [0.15, 0.2) is 0 Å². The third-order valence-corrected chi connectivity index (χ3v) is 4.51. The van der Waals surface area contributed by atoms with E-state index in [1.54, 1.807) is 0 Å². The summed E-state index contributed by atoms with van der Waals surface area (Å²) < 4.78 is 0. The van der Waals surface area contributed by atoms with E-state index in [2.05, 4.69) is 20.8 Å². The first kappa shape index (κ1) is 22.2. The Labute approximate surface area is 129 Å². The Morgan fingerprint density at radius 3 is 1.20 bits per heavy atom. The standard InChI is InChI=1S/C19H40.H3N/c1-4-7-9-11-13-15-17-19(6-3)18-16-14-12-10-8-5-2;/h19H,4-18H2,1-3H3;1H3. The van der Waals surface area contributed by atoms with Gasteiger partial charge in [-0.3, -0.25) is 0 Å². The topological polar surface area (TPSA) is 35.0 Å². The van der Waals surface area contributed by atoms with Crippen LogP contribution in [0.1, 0.15) is 117 Å². The molecule has 0 aliphatic heterocycles. The Morgan fingerprint density at radius 2 is 0.850 bits per heavy atom. The number of hydrogen-bond acceptors (Lipinski definition) is 1. The Balaban J connectivity index is 0. The second-order valence-corrected chi connectivity index (χ2v) is 6.39. The molecule has 20 heavy (non-hydrogen) atoms. The molecule has 124 valence electrons. The minimum Gasteiger partial charge on any atom is -0.344 e. The zero-order valence-electron chi connectivity index (χ0n) is 14.9. The minimum atomic E-state index is 0. The maximum Gasteiger partial charge on any atom is -0.0417 e. The SMILES string of the molecule is CCCCCCCCC(CC)CCCCCCCC.N. The summed E-state index contributed by atoms with van der Waals surface area (Å²) in [5.41, 5.74) is 0. The third-order valence-electron chi connectivity index (χ3n) is 4.51. The molecule has 0 amide bonds. The Morgan fingerprint density at radius 1 is 0.500 bits per heavy atom. The van der Waals surface area contributed by atoms with E-state index in [9.17, 15) is 0 Å². The van der Waals surface area contributed by atoms with Crippen LogP contribution in [0.2, 0.25) is 0 Å². The second-order valence-electron chi connectivity index (χ2n) is 6.39. The summed E-state index contributed by atoms with van der Waals surface area (Å²) in [5, 5.41) is 0. The molecule has 0 heterocycles. The van der Waals surface area contributed by atoms with Crippen LogP contribution in [0.4, 0.5) is 0 Å². The maximum atomic E-state index is 2.39. The van der Waals surface area contributed by atoms with E-state index < -0.39 is 0 Å². The summed E-state index contributed by atoms with van der Waals surface area (Å²) in [5.74, 6) is 1.03. The molecule has 1 heteroatoms. The van der Waals surface area contributed by atoms with Crippen LogP contribution in [-0.4, -0.2) is 0 Å². The average Bonchev–Trinajstić information content (AvgIpc) is 2.44. The van der Waals surface area contributed by atoms with Gasteiger partial charge in [-0.15, -0.1) is 0 Å². The van der Waals surface area contributed by atoms with Crippen molar-refractivity contribution in [1.82, 2.24) is 6.15 Å². The highest BCUT2D eigenvalue weighted by molar-refractivity contribution is 4.59. The van der Waals surface area contributed by atoms with Crippen molar-refractivity contribution < 1.29 is 0 Å². The molecule has 0 aliphatic rings. The third kappa shape index (κ3) is 16.0. The Hall–Kier alpha value is -0.0400. The highest BCUT2D eigenvalue weighted by Gasteiger charge is 2.05. The molecule has 0 saturated heterocycles. The Kier molecular flexibility index (Phi) is 21.1. The maximum absolute atomic E-state index is 2.39. The van der Waals surface area contributed by atoms with Gasteiger partial charge in [0.05, 0.1) is 0 Å². The van der Waals surface area contributed by atoms with E-state index in [0.29, 0.717) is 0 Å². The smallest absolute Gasteiger partial charge is 0.0417 e. The fraction of sp³-hybridized carbons (Fsp3) is 1.00. The molecule has 0 fully saturated rings. The highest BCUT2D eigenvalue weighted by Crippen LogP contribution is 2.21. The lowest BCUT2D eigenvalue weighted by atomic mass is 9.92. The molecule has 0 aromatic rings. The van der Waals surface area contributed by atoms with Gasteiger partial charge in [0.1, 0.15) is 0 Å². The molecule has 0 atom stereocenters. The summed E-state index contributed by atoms with van der Waals surface area (Å²) in [6, 6.07) is 0. The van der Waals surface area contributed by atoms with Crippen molar-refractivity contribution in [1.29, 1.82) is 0 Å². The second kappa shape index (κ2) is 19.0.